The topological polar surface area (TPSA) is 50.8 Å². The molecule has 0 radical (unpaired) electrons. The van der Waals surface area contributed by atoms with Crippen LogP contribution in [0, 0.1) is 5.82 Å². The van der Waals surface area contributed by atoms with Crippen molar-refractivity contribution in [2.75, 3.05) is 11.5 Å². The Balaban J connectivity index is 1.44. The van der Waals surface area contributed by atoms with Gasteiger partial charge in [0.25, 0.3) is 5.91 Å². The third-order valence-electron chi connectivity index (χ3n) is 4.83. The number of hydrogen-bond acceptors (Lipinski definition) is 4. The van der Waals surface area contributed by atoms with Crippen LogP contribution in [0.5, 0.6) is 11.5 Å². The SMILES string of the molecule is CCOc1ccc(N2C(=O)C(=Cc3ccc(OCc4ccccc4F)cc3)NC2=S)cc1. The molecular formula is C25H21FN2O3S. The Kier molecular flexibility index (Phi) is 6.47. The largest absolute Gasteiger partial charge is 0.494 e. The van der Waals surface area contributed by atoms with E-state index in [-0.39, 0.29) is 18.3 Å². The van der Waals surface area contributed by atoms with Gasteiger partial charge >= 0.3 is 0 Å². The van der Waals surface area contributed by atoms with Gasteiger partial charge in [0.1, 0.15) is 29.6 Å². The van der Waals surface area contributed by atoms with E-state index >= 15 is 0 Å². The Morgan fingerprint density at radius 3 is 2.31 bits per heavy atom. The third kappa shape index (κ3) is 4.78. The molecule has 1 heterocycles. The zero-order chi connectivity index (χ0) is 22.5. The second kappa shape index (κ2) is 9.62. The molecule has 3 aromatic carbocycles. The van der Waals surface area contributed by atoms with Crippen LogP contribution in [-0.2, 0) is 11.4 Å². The smallest absolute Gasteiger partial charge is 0.281 e. The number of halogens is 1. The first kappa shape index (κ1) is 21.5. The predicted octanol–water partition coefficient (Wildman–Crippen LogP) is 5.07. The van der Waals surface area contributed by atoms with E-state index in [0.717, 1.165) is 11.3 Å². The van der Waals surface area contributed by atoms with Gasteiger partial charge in [-0.1, -0.05) is 30.3 Å². The van der Waals surface area contributed by atoms with Crippen LogP contribution >= 0.6 is 12.2 Å². The summed E-state index contributed by atoms with van der Waals surface area (Å²) in [6.45, 7) is 2.62. The summed E-state index contributed by atoms with van der Waals surface area (Å²) in [6.07, 6.45) is 1.73. The highest BCUT2D eigenvalue weighted by molar-refractivity contribution is 7.80. The number of carbonyl (C=O) groups excluding carboxylic acids is 1. The molecule has 1 aliphatic rings. The molecule has 3 aromatic rings. The fraction of sp³-hybridized carbons (Fsp3) is 0.120. The second-order valence-corrected chi connectivity index (χ2v) is 7.39. The Hall–Kier alpha value is -3.71. The maximum Gasteiger partial charge on any atom is 0.281 e. The van der Waals surface area contributed by atoms with Crippen LogP contribution in [0.15, 0.2) is 78.5 Å². The van der Waals surface area contributed by atoms with Gasteiger partial charge in [0, 0.05) is 5.56 Å². The van der Waals surface area contributed by atoms with Crippen molar-refractivity contribution in [3.05, 3.63) is 95.4 Å². The van der Waals surface area contributed by atoms with Crippen molar-refractivity contribution in [1.82, 2.24) is 5.32 Å². The van der Waals surface area contributed by atoms with Crippen LogP contribution in [-0.4, -0.2) is 17.6 Å². The monoisotopic (exact) mass is 448 g/mol. The van der Waals surface area contributed by atoms with E-state index in [0.29, 0.717) is 34.4 Å². The van der Waals surface area contributed by atoms with Gasteiger partial charge in [-0.25, -0.2) is 4.39 Å². The lowest BCUT2D eigenvalue weighted by atomic mass is 10.1. The minimum absolute atomic E-state index is 0.137. The number of anilines is 1. The van der Waals surface area contributed by atoms with Crippen LogP contribution in [0.25, 0.3) is 6.08 Å². The van der Waals surface area contributed by atoms with Crippen LogP contribution in [0.2, 0.25) is 0 Å². The second-order valence-electron chi connectivity index (χ2n) is 7.00. The molecule has 0 bridgehead atoms. The molecule has 0 atom stereocenters. The van der Waals surface area contributed by atoms with Crippen molar-refractivity contribution in [3.8, 4) is 11.5 Å². The summed E-state index contributed by atoms with van der Waals surface area (Å²) in [4.78, 5) is 14.4. The number of benzene rings is 3. The molecule has 1 fully saturated rings. The lowest BCUT2D eigenvalue weighted by Crippen LogP contribution is -2.30. The minimum Gasteiger partial charge on any atom is -0.494 e. The van der Waals surface area contributed by atoms with Crippen molar-refractivity contribution in [2.24, 2.45) is 0 Å². The molecule has 0 unspecified atom stereocenters. The van der Waals surface area contributed by atoms with Crippen molar-refractivity contribution < 1.29 is 18.7 Å². The number of thiocarbonyl (C=S) groups is 1. The summed E-state index contributed by atoms with van der Waals surface area (Å²) in [6, 6.07) is 20.9. The summed E-state index contributed by atoms with van der Waals surface area (Å²) in [5.74, 6) is 0.800. The first-order valence-corrected chi connectivity index (χ1v) is 10.5. The maximum absolute atomic E-state index is 13.7. The average molecular weight is 449 g/mol. The van der Waals surface area contributed by atoms with Gasteiger partial charge in [-0.15, -0.1) is 0 Å². The summed E-state index contributed by atoms with van der Waals surface area (Å²) in [5, 5.41) is 3.29. The highest BCUT2D eigenvalue weighted by atomic mass is 32.1. The Bertz CT molecular complexity index is 1160. The van der Waals surface area contributed by atoms with Crippen LogP contribution in [0.1, 0.15) is 18.1 Å². The highest BCUT2D eigenvalue weighted by Crippen LogP contribution is 2.25. The van der Waals surface area contributed by atoms with Gasteiger partial charge in [-0.2, -0.15) is 0 Å². The average Bonchev–Trinajstić information content (AvgIpc) is 3.08. The number of hydrogen-bond donors (Lipinski definition) is 1. The number of rotatable bonds is 7. The van der Waals surface area contributed by atoms with Gasteiger partial charge in [0.15, 0.2) is 5.11 Å². The third-order valence-corrected chi connectivity index (χ3v) is 5.11. The molecule has 0 aromatic heterocycles. The predicted molar refractivity (Wildman–Crippen MR) is 126 cm³/mol. The summed E-state index contributed by atoms with van der Waals surface area (Å²) in [7, 11) is 0. The fourth-order valence-electron chi connectivity index (χ4n) is 3.23. The lowest BCUT2D eigenvalue weighted by molar-refractivity contribution is -0.113. The number of ether oxygens (including phenoxy) is 2. The number of nitrogens with one attached hydrogen (secondary N) is 1. The molecule has 32 heavy (non-hydrogen) atoms. The number of nitrogens with zero attached hydrogens (tertiary/aromatic N) is 1. The summed E-state index contributed by atoms with van der Waals surface area (Å²) >= 11 is 5.36. The zero-order valence-electron chi connectivity index (χ0n) is 17.4. The molecule has 162 valence electrons. The molecule has 0 spiro atoms. The molecule has 7 heteroatoms. The van der Waals surface area contributed by atoms with E-state index in [1.165, 1.54) is 11.0 Å². The number of amides is 1. The maximum atomic E-state index is 13.7. The standard InChI is InChI=1S/C25H21FN2O3S/c1-2-30-20-13-9-19(10-14-20)28-24(29)23(27-25(28)32)15-17-7-11-21(12-8-17)31-16-18-5-3-4-6-22(18)26/h3-15H,2,16H2,1H3,(H,27,32). The fourth-order valence-corrected chi connectivity index (χ4v) is 3.53. The normalized spacial score (nSPS) is 14.6. The van der Waals surface area contributed by atoms with Crippen LogP contribution < -0.4 is 19.7 Å². The van der Waals surface area contributed by atoms with E-state index in [9.17, 15) is 9.18 Å². The van der Waals surface area contributed by atoms with Crippen LogP contribution in [0.3, 0.4) is 0 Å². The van der Waals surface area contributed by atoms with E-state index in [4.69, 9.17) is 21.7 Å². The van der Waals surface area contributed by atoms with E-state index in [2.05, 4.69) is 5.32 Å². The van der Waals surface area contributed by atoms with Crippen molar-refractivity contribution in [2.45, 2.75) is 13.5 Å². The molecule has 1 saturated heterocycles. The van der Waals surface area contributed by atoms with Crippen molar-refractivity contribution in [1.29, 1.82) is 0 Å². The van der Waals surface area contributed by atoms with Crippen molar-refractivity contribution >= 4 is 35.0 Å². The Morgan fingerprint density at radius 2 is 1.62 bits per heavy atom. The van der Waals surface area contributed by atoms with E-state index < -0.39 is 0 Å². The molecule has 4 rings (SSSR count). The number of carbonyl (C=O) groups is 1. The van der Waals surface area contributed by atoms with Crippen LogP contribution in [0.4, 0.5) is 10.1 Å². The quantitative estimate of drug-likeness (QED) is 0.404. The Labute approximate surface area is 191 Å². The molecule has 1 aliphatic heterocycles. The van der Waals surface area contributed by atoms with Gasteiger partial charge in [-0.3, -0.25) is 9.69 Å². The molecule has 0 aliphatic carbocycles. The van der Waals surface area contributed by atoms with E-state index in [1.54, 1.807) is 60.7 Å². The molecule has 1 N–H and O–H groups in total. The minimum atomic E-state index is -0.298. The van der Waals surface area contributed by atoms with E-state index in [1.807, 2.05) is 19.1 Å². The first-order chi connectivity index (χ1) is 15.5. The van der Waals surface area contributed by atoms with Gasteiger partial charge in [0.05, 0.1) is 12.3 Å². The molecular weight excluding hydrogens is 427 g/mol. The summed E-state index contributed by atoms with van der Waals surface area (Å²) < 4.78 is 24.8. The zero-order valence-corrected chi connectivity index (χ0v) is 18.2. The molecule has 5 nitrogen and oxygen atoms in total. The summed E-state index contributed by atoms with van der Waals surface area (Å²) in [5.41, 5.74) is 2.33. The lowest BCUT2D eigenvalue weighted by Gasteiger charge is -2.14. The highest BCUT2D eigenvalue weighted by Gasteiger charge is 2.31. The van der Waals surface area contributed by atoms with Gasteiger partial charge in [-0.05, 0) is 73.2 Å². The van der Waals surface area contributed by atoms with Gasteiger partial charge in [0.2, 0.25) is 0 Å². The Morgan fingerprint density at radius 1 is 0.969 bits per heavy atom. The molecule has 1 amide bonds. The first-order valence-electron chi connectivity index (χ1n) is 10.1. The molecule has 0 saturated carbocycles. The van der Waals surface area contributed by atoms with Crippen molar-refractivity contribution in [3.63, 3.8) is 0 Å². The van der Waals surface area contributed by atoms with Gasteiger partial charge < -0.3 is 14.8 Å².